The fourth-order valence-corrected chi connectivity index (χ4v) is 3.31. The Labute approximate surface area is 114 Å². The number of hydrogen-bond donors (Lipinski definition) is 1. The summed E-state index contributed by atoms with van der Waals surface area (Å²) in [6.45, 7) is 9.76. The van der Waals surface area contributed by atoms with E-state index >= 15 is 0 Å². The lowest BCUT2D eigenvalue weighted by Crippen LogP contribution is -2.19. The van der Waals surface area contributed by atoms with Gasteiger partial charge in [-0.15, -0.1) is 0 Å². The first-order chi connectivity index (χ1) is 8.58. The van der Waals surface area contributed by atoms with Gasteiger partial charge in [0.1, 0.15) is 0 Å². The predicted octanol–water partition coefficient (Wildman–Crippen LogP) is 4.52. The predicted molar refractivity (Wildman–Crippen MR) is 80.2 cm³/mol. The van der Waals surface area contributed by atoms with Crippen LogP contribution in [-0.4, -0.2) is 0 Å². The molecule has 96 valence electrons. The SMILES string of the molecule is Cc1cc(C)c(C(C)NCc2ccsc2)c(C)c1. The molecule has 1 aromatic heterocycles. The lowest BCUT2D eigenvalue weighted by molar-refractivity contribution is 0.570. The van der Waals surface area contributed by atoms with Crippen molar-refractivity contribution >= 4 is 11.3 Å². The highest BCUT2D eigenvalue weighted by Crippen LogP contribution is 2.23. The summed E-state index contributed by atoms with van der Waals surface area (Å²) < 4.78 is 0. The maximum Gasteiger partial charge on any atom is 0.0300 e. The van der Waals surface area contributed by atoms with Crippen molar-refractivity contribution in [3.05, 3.63) is 56.8 Å². The van der Waals surface area contributed by atoms with Gasteiger partial charge in [0.05, 0.1) is 0 Å². The van der Waals surface area contributed by atoms with Gasteiger partial charge in [0.2, 0.25) is 0 Å². The first-order valence-electron chi connectivity index (χ1n) is 6.40. The van der Waals surface area contributed by atoms with E-state index in [1.165, 1.54) is 27.8 Å². The number of benzene rings is 1. The van der Waals surface area contributed by atoms with E-state index in [0.29, 0.717) is 6.04 Å². The quantitative estimate of drug-likeness (QED) is 0.851. The third-order valence-electron chi connectivity index (χ3n) is 3.36. The standard InChI is InChI=1S/C16H21NS/c1-11-7-12(2)16(13(3)8-11)14(4)17-9-15-5-6-18-10-15/h5-8,10,14,17H,9H2,1-4H3. The summed E-state index contributed by atoms with van der Waals surface area (Å²) in [5.41, 5.74) is 6.93. The molecule has 0 spiro atoms. The molecule has 1 nitrogen and oxygen atoms in total. The highest BCUT2D eigenvalue weighted by atomic mass is 32.1. The largest absolute Gasteiger partial charge is 0.306 e. The van der Waals surface area contributed by atoms with Gasteiger partial charge in [0.25, 0.3) is 0 Å². The Bertz CT molecular complexity index is 491. The second-order valence-corrected chi connectivity index (χ2v) is 5.83. The topological polar surface area (TPSA) is 12.0 Å². The molecule has 1 heterocycles. The van der Waals surface area contributed by atoms with Crippen LogP contribution in [0.1, 0.15) is 40.8 Å². The van der Waals surface area contributed by atoms with Crippen LogP contribution in [0, 0.1) is 20.8 Å². The summed E-state index contributed by atoms with van der Waals surface area (Å²) in [7, 11) is 0. The van der Waals surface area contributed by atoms with Crippen LogP contribution in [-0.2, 0) is 6.54 Å². The third kappa shape index (κ3) is 3.01. The van der Waals surface area contributed by atoms with Crippen LogP contribution in [0.15, 0.2) is 29.0 Å². The average Bonchev–Trinajstić information content (AvgIpc) is 2.77. The van der Waals surface area contributed by atoms with Crippen molar-refractivity contribution in [1.82, 2.24) is 5.32 Å². The van der Waals surface area contributed by atoms with Gasteiger partial charge in [-0.25, -0.2) is 0 Å². The van der Waals surface area contributed by atoms with E-state index in [0.717, 1.165) is 6.54 Å². The van der Waals surface area contributed by atoms with E-state index in [9.17, 15) is 0 Å². The molecular weight excluding hydrogens is 238 g/mol. The van der Waals surface area contributed by atoms with Crippen LogP contribution in [0.2, 0.25) is 0 Å². The summed E-state index contributed by atoms with van der Waals surface area (Å²) >= 11 is 1.76. The lowest BCUT2D eigenvalue weighted by Gasteiger charge is -2.19. The molecule has 1 unspecified atom stereocenters. The van der Waals surface area contributed by atoms with Crippen molar-refractivity contribution in [2.24, 2.45) is 0 Å². The molecule has 2 aromatic rings. The first kappa shape index (κ1) is 13.3. The summed E-state index contributed by atoms with van der Waals surface area (Å²) in [4.78, 5) is 0. The maximum atomic E-state index is 3.61. The monoisotopic (exact) mass is 259 g/mol. The molecule has 18 heavy (non-hydrogen) atoms. The minimum absolute atomic E-state index is 0.394. The van der Waals surface area contributed by atoms with Gasteiger partial charge in [-0.3, -0.25) is 0 Å². The van der Waals surface area contributed by atoms with Gasteiger partial charge in [-0.2, -0.15) is 11.3 Å². The molecule has 0 aliphatic rings. The molecule has 0 fully saturated rings. The number of thiophene rings is 1. The van der Waals surface area contributed by atoms with Crippen LogP contribution >= 0.6 is 11.3 Å². The normalized spacial score (nSPS) is 12.7. The summed E-state index contributed by atoms with van der Waals surface area (Å²) in [5, 5.41) is 7.94. The van der Waals surface area contributed by atoms with Crippen LogP contribution in [0.4, 0.5) is 0 Å². The van der Waals surface area contributed by atoms with Gasteiger partial charge in [0.15, 0.2) is 0 Å². The van der Waals surface area contributed by atoms with E-state index < -0.39 is 0 Å². The smallest absolute Gasteiger partial charge is 0.0300 e. The van der Waals surface area contributed by atoms with Crippen molar-refractivity contribution in [3.63, 3.8) is 0 Å². The zero-order valence-corrected chi connectivity index (χ0v) is 12.4. The zero-order chi connectivity index (χ0) is 13.1. The van der Waals surface area contributed by atoms with Crippen LogP contribution in [0.3, 0.4) is 0 Å². The Morgan fingerprint density at radius 3 is 2.39 bits per heavy atom. The molecule has 1 N–H and O–H groups in total. The molecule has 1 aromatic carbocycles. The number of aryl methyl sites for hydroxylation is 3. The lowest BCUT2D eigenvalue weighted by atomic mass is 9.95. The van der Waals surface area contributed by atoms with Crippen molar-refractivity contribution in [2.45, 2.75) is 40.3 Å². The van der Waals surface area contributed by atoms with E-state index in [1.54, 1.807) is 11.3 Å². The molecular formula is C16H21NS. The van der Waals surface area contributed by atoms with Crippen molar-refractivity contribution in [3.8, 4) is 0 Å². The molecule has 0 radical (unpaired) electrons. The van der Waals surface area contributed by atoms with E-state index in [-0.39, 0.29) is 0 Å². The average molecular weight is 259 g/mol. The van der Waals surface area contributed by atoms with Crippen LogP contribution in [0.5, 0.6) is 0 Å². The second kappa shape index (κ2) is 5.68. The Morgan fingerprint density at radius 1 is 1.17 bits per heavy atom. The summed E-state index contributed by atoms with van der Waals surface area (Å²) in [5.74, 6) is 0. The van der Waals surface area contributed by atoms with Gasteiger partial charge in [-0.1, -0.05) is 17.7 Å². The zero-order valence-electron chi connectivity index (χ0n) is 11.6. The van der Waals surface area contributed by atoms with Crippen molar-refractivity contribution in [2.75, 3.05) is 0 Å². The fraction of sp³-hybridized carbons (Fsp3) is 0.375. The maximum absolute atomic E-state index is 3.61. The molecule has 0 aliphatic carbocycles. The Morgan fingerprint density at radius 2 is 1.83 bits per heavy atom. The number of hydrogen-bond acceptors (Lipinski definition) is 2. The molecule has 1 atom stereocenters. The Balaban J connectivity index is 2.11. The minimum Gasteiger partial charge on any atom is -0.306 e. The van der Waals surface area contributed by atoms with E-state index in [2.05, 4.69) is 62.0 Å². The van der Waals surface area contributed by atoms with Gasteiger partial charge in [0, 0.05) is 12.6 Å². The number of nitrogens with one attached hydrogen (secondary N) is 1. The minimum atomic E-state index is 0.394. The van der Waals surface area contributed by atoms with Crippen LogP contribution in [0.25, 0.3) is 0 Å². The molecule has 0 bridgehead atoms. The molecule has 0 aliphatic heterocycles. The Hall–Kier alpha value is -1.12. The Kier molecular flexibility index (Phi) is 4.20. The first-order valence-corrected chi connectivity index (χ1v) is 7.34. The summed E-state index contributed by atoms with van der Waals surface area (Å²) in [6, 6.07) is 7.11. The molecule has 0 saturated heterocycles. The van der Waals surface area contributed by atoms with Gasteiger partial charge < -0.3 is 5.32 Å². The van der Waals surface area contributed by atoms with Gasteiger partial charge >= 0.3 is 0 Å². The molecule has 0 amide bonds. The van der Waals surface area contributed by atoms with E-state index in [1.807, 2.05) is 0 Å². The van der Waals surface area contributed by atoms with Crippen molar-refractivity contribution < 1.29 is 0 Å². The second-order valence-electron chi connectivity index (χ2n) is 5.05. The number of rotatable bonds is 4. The molecule has 2 heteroatoms. The van der Waals surface area contributed by atoms with Gasteiger partial charge in [-0.05, 0) is 66.8 Å². The van der Waals surface area contributed by atoms with E-state index in [4.69, 9.17) is 0 Å². The third-order valence-corrected chi connectivity index (χ3v) is 4.10. The fourth-order valence-electron chi connectivity index (χ4n) is 2.64. The highest BCUT2D eigenvalue weighted by Gasteiger charge is 2.11. The molecule has 0 saturated carbocycles. The summed E-state index contributed by atoms with van der Waals surface area (Å²) in [6.07, 6.45) is 0. The highest BCUT2D eigenvalue weighted by molar-refractivity contribution is 7.07. The molecule has 2 rings (SSSR count). The van der Waals surface area contributed by atoms with Crippen molar-refractivity contribution in [1.29, 1.82) is 0 Å². The van der Waals surface area contributed by atoms with Crippen LogP contribution < -0.4 is 5.32 Å².